The van der Waals surface area contributed by atoms with Crippen LogP contribution in [0.2, 0.25) is 0 Å². The first-order chi connectivity index (χ1) is 24.3. The molecule has 2 aliphatic rings. The number of hydrogen-bond donors (Lipinski definition) is 2. The van der Waals surface area contributed by atoms with Crippen LogP contribution >= 0.6 is 0 Å². The van der Waals surface area contributed by atoms with E-state index in [1.807, 2.05) is 6.92 Å². The molecule has 0 aromatic carbocycles. The molecule has 3 unspecified atom stereocenters. The van der Waals surface area contributed by atoms with Gasteiger partial charge in [0.2, 0.25) is 23.6 Å². The number of hydrogen-bond acceptors (Lipinski definition) is 6. The Balaban J connectivity index is 0.000000500. The number of nitrogens with zero attached hydrogens (tertiary/aromatic N) is 2. The summed E-state index contributed by atoms with van der Waals surface area (Å²) in [5.74, 6) is -1.16. The Bertz CT molecular complexity index is 966. The molecule has 0 aliphatic carbocycles. The summed E-state index contributed by atoms with van der Waals surface area (Å²) >= 11 is 0. The molecular formula is C42H76N2O6. The van der Waals surface area contributed by atoms with Gasteiger partial charge in [0.25, 0.3) is 0 Å². The van der Waals surface area contributed by atoms with Crippen molar-refractivity contribution in [1.82, 2.24) is 9.80 Å². The van der Waals surface area contributed by atoms with Gasteiger partial charge in [0.15, 0.2) is 0 Å². The van der Waals surface area contributed by atoms with Gasteiger partial charge in [-0.05, 0) is 32.1 Å². The summed E-state index contributed by atoms with van der Waals surface area (Å²) in [5, 5.41) is 18.2. The number of likely N-dealkylation sites (tertiary alicyclic amines) is 2. The Morgan fingerprint density at radius 3 is 1.40 bits per heavy atom. The Labute approximate surface area is 306 Å². The Morgan fingerprint density at radius 2 is 1.00 bits per heavy atom. The molecule has 2 aliphatic heterocycles. The molecule has 8 nitrogen and oxygen atoms in total. The molecule has 8 heteroatoms. The molecular weight excluding hydrogens is 628 g/mol. The first kappa shape index (κ1) is 46.0. The molecule has 2 fully saturated rings. The van der Waals surface area contributed by atoms with Crippen molar-refractivity contribution in [2.75, 3.05) is 13.5 Å². The third-order valence-electron chi connectivity index (χ3n) is 10.9. The number of unbranched alkanes of at least 4 members (excludes halogenated alkanes) is 21. The van der Waals surface area contributed by atoms with E-state index >= 15 is 0 Å². The lowest BCUT2D eigenvalue weighted by Gasteiger charge is -2.20. The number of aliphatic hydroxyl groups excluding tert-OH is 2. The van der Waals surface area contributed by atoms with Gasteiger partial charge in [-0.25, -0.2) is 0 Å². The van der Waals surface area contributed by atoms with Crippen LogP contribution in [0.4, 0.5) is 0 Å². The first-order valence-corrected chi connectivity index (χ1v) is 20.8. The summed E-state index contributed by atoms with van der Waals surface area (Å²) in [6.45, 7) is 7.57. The maximum atomic E-state index is 12.2. The SMILES string of the molecule is CCCCCCCCCCCCCC(CC)C1CC(=O)N(CO)C1=O.CCCCCCCCCCCCCC=C(C)C1CC(=O)N(CO)C1=O. The predicted molar refractivity (Wildman–Crippen MR) is 204 cm³/mol. The maximum Gasteiger partial charge on any atom is 0.238 e. The van der Waals surface area contributed by atoms with E-state index in [0.29, 0.717) is 0 Å². The van der Waals surface area contributed by atoms with Gasteiger partial charge in [-0.2, -0.15) is 0 Å². The second-order valence-corrected chi connectivity index (χ2v) is 14.9. The summed E-state index contributed by atoms with van der Waals surface area (Å²) in [7, 11) is 0. The first-order valence-electron chi connectivity index (χ1n) is 20.8. The second kappa shape index (κ2) is 29.5. The molecule has 0 aromatic rings. The van der Waals surface area contributed by atoms with Gasteiger partial charge in [0.1, 0.15) is 13.5 Å². The van der Waals surface area contributed by atoms with Gasteiger partial charge in [0, 0.05) is 12.8 Å². The van der Waals surface area contributed by atoms with Crippen LogP contribution in [0.1, 0.15) is 201 Å². The van der Waals surface area contributed by atoms with E-state index in [0.717, 1.165) is 47.5 Å². The van der Waals surface area contributed by atoms with E-state index in [-0.39, 0.29) is 54.2 Å². The van der Waals surface area contributed by atoms with Crippen LogP contribution in [0.15, 0.2) is 11.6 Å². The lowest BCUT2D eigenvalue weighted by Crippen LogP contribution is -2.33. The fourth-order valence-electron chi connectivity index (χ4n) is 7.45. The zero-order valence-electron chi connectivity index (χ0n) is 32.7. The van der Waals surface area contributed by atoms with Gasteiger partial charge < -0.3 is 10.2 Å². The number of imide groups is 2. The van der Waals surface area contributed by atoms with E-state index < -0.39 is 13.5 Å². The minimum atomic E-state index is -0.500. The Morgan fingerprint density at radius 1 is 0.600 bits per heavy atom. The van der Waals surface area contributed by atoms with Crippen molar-refractivity contribution in [2.24, 2.45) is 17.8 Å². The monoisotopic (exact) mass is 705 g/mol. The minimum Gasteiger partial charge on any atom is -0.376 e. The smallest absolute Gasteiger partial charge is 0.238 e. The average molecular weight is 705 g/mol. The van der Waals surface area contributed by atoms with Crippen molar-refractivity contribution in [1.29, 1.82) is 0 Å². The summed E-state index contributed by atoms with van der Waals surface area (Å²) in [5.41, 5.74) is 0.973. The quantitative estimate of drug-likeness (QED) is 0.0455. The number of rotatable bonds is 29. The average Bonchev–Trinajstić information content (AvgIpc) is 3.57. The van der Waals surface area contributed by atoms with Crippen molar-refractivity contribution < 1.29 is 29.4 Å². The number of allylic oxidation sites excluding steroid dienone is 1. The molecule has 0 saturated carbocycles. The second-order valence-electron chi connectivity index (χ2n) is 14.9. The molecule has 3 atom stereocenters. The topological polar surface area (TPSA) is 115 Å². The van der Waals surface area contributed by atoms with Gasteiger partial charge in [0.05, 0.1) is 11.8 Å². The number of carbonyl (C=O) groups is 4. The molecule has 2 N–H and O–H groups in total. The highest BCUT2D eigenvalue weighted by Gasteiger charge is 2.41. The zero-order valence-corrected chi connectivity index (χ0v) is 32.7. The molecule has 0 spiro atoms. The molecule has 50 heavy (non-hydrogen) atoms. The lowest BCUT2D eigenvalue weighted by molar-refractivity contribution is -0.145. The van der Waals surface area contributed by atoms with Crippen LogP contribution in [0.5, 0.6) is 0 Å². The van der Waals surface area contributed by atoms with E-state index in [2.05, 4.69) is 26.8 Å². The maximum absolute atomic E-state index is 12.2. The van der Waals surface area contributed by atoms with Crippen molar-refractivity contribution in [3.05, 3.63) is 11.6 Å². The molecule has 2 rings (SSSR count). The normalized spacial score (nSPS) is 18.7. The molecule has 4 amide bonds. The zero-order chi connectivity index (χ0) is 37.0. The van der Waals surface area contributed by atoms with E-state index in [1.165, 1.54) is 128 Å². The fourth-order valence-corrected chi connectivity index (χ4v) is 7.45. The van der Waals surface area contributed by atoms with E-state index in [1.54, 1.807) is 0 Å². The van der Waals surface area contributed by atoms with Crippen LogP contribution in [0, 0.1) is 17.8 Å². The predicted octanol–water partition coefficient (Wildman–Crippen LogP) is 10.00. The van der Waals surface area contributed by atoms with Crippen LogP contribution in [-0.4, -0.2) is 57.1 Å². The van der Waals surface area contributed by atoms with Gasteiger partial charge in [-0.15, -0.1) is 0 Å². The highest BCUT2D eigenvalue weighted by molar-refractivity contribution is 6.05. The third kappa shape index (κ3) is 18.4. The molecule has 2 saturated heterocycles. The number of aliphatic hydroxyl groups is 2. The third-order valence-corrected chi connectivity index (χ3v) is 10.9. The Kier molecular flexibility index (Phi) is 27.1. The minimum absolute atomic E-state index is 0.164. The summed E-state index contributed by atoms with van der Waals surface area (Å²) < 4.78 is 0. The molecule has 0 bridgehead atoms. The van der Waals surface area contributed by atoms with Crippen molar-refractivity contribution in [3.8, 4) is 0 Å². The van der Waals surface area contributed by atoms with Gasteiger partial charge >= 0.3 is 0 Å². The molecule has 2 heterocycles. The molecule has 0 radical (unpaired) electrons. The van der Waals surface area contributed by atoms with E-state index in [9.17, 15) is 19.2 Å². The fraction of sp³-hybridized carbons (Fsp3) is 0.857. The van der Waals surface area contributed by atoms with Gasteiger partial charge in [-0.1, -0.05) is 174 Å². The highest BCUT2D eigenvalue weighted by atomic mass is 16.3. The summed E-state index contributed by atoms with van der Waals surface area (Å²) in [6.07, 6.45) is 34.7. The lowest BCUT2D eigenvalue weighted by atomic mass is 9.84. The van der Waals surface area contributed by atoms with Crippen molar-refractivity contribution >= 4 is 23.6 Å². The van der Waals surface area contributed by atoms with Crippen LogP contribution < -0.4 is 0 Å². The summed E-state index contributed by atoms with van der Waals surface area (Å²) in [6, 6.07) is 0. The van der Waals surface area contributed by atoms with Crippen LogP contribution in [0.3, 0.4) is 0 Å². The Hall–Kier alpha value is -2.06. The largest absolute Gasteiger partial charge is 0.376 e. The summed E-state index contributed by atoms with van der Waals surface area (Å²) in [4.78, 5) is 49.5. The van der Waals surface area contributed by atoms with Gasteiger partial charge in [-0.3, -0.25) is 29.0 Å². The van der Waals surface area contributed by atoms with Crippen molar-refractivity contribution in [2.45, 2.75) is 201 Å². The number of amides is 4. The van der Waals surface area contributed by atoms with E-state index in [4.69, 9.17) is 10.2 Å². The molecule has 290 valence electrons. The standard InChI is InChI=1S/C21H37NO3.C21H39NO3/c1-3-4-5-6-7-8-9-10-11-12-13-14-15-18(2)19-16-20(24)22(17-23)21(19)25;1-3-5-6-7-8-9-10-11-12-13-14-15-18(4-2)19-16-20(24)22(17-23)21(19)25/h15,19,23H,3-14,16-17H2,1-2H3;18-19,23H,3-17H2,1-2H3. The molecule has 0 aromatic heterocycles. The van der Waals surface area contributed by atoms with Crippen LogP contribution in [0.25, 0.3) is 0 Å². The number of carbonyl (C=O) groups excluding carboxylic acids is 4. The van der Waals surface area contributed by atoms with Crippen molar-refractivity contribution in [3.63, 3.8) is 0 Å². The highest BCUT2D eigenvalue weighted by Crippen LogP contribution is 2.32. The van der Waals surface area contributed by atoms with Crippen LogP contribution in [-0.2, 0) is 19.2 Å².